The van der Waals surface area contributed by atoms with Crippen LogP contribution in [0, 0.1) is 0 Å². The SMILES string of the molecule is CCc1ccc(OC[C@H]2c3cc(OC)c(OC)cc3CCN2C(=O)[C@H](C)Oc2ccccc2)cc1. The molecule has 1 aliphatic heterocycles. The lowest BCUT2D eigenvalue weighted by molar-refractivity contribution is -0.141. The van der Waals surface area contributed by atoms with E-state index in [1.54, 1.807) is 21.1 Å². The predicted molar refractivity (Wildman–Crippen MR) is 136 cm³/mol. The minimum absolute atomic E-state index is 0.0794. The van der Waals surface area contributed by atoms with Gasteiger partial charge in [-0.25, -0.2) is 0 Å². The highest BCUT2D eigenvalue weighted by atomic mass is 16.5. The maximum absolute atomic E-state index is 13.6. The van der Waals surface area contributed by atoms with Crippen LogP contribution in [0.2, 0.25) is 0 Å². The molecule has 6 nitrogen and oxygen atoms in total. The van der Waals surface area contributed by atoms with Crippen LogP contribution in [0.5, 0.6) is 23.0 Å². The normalized spacial score (nSPS) is 15.7. The fourth-order valence-electron chi connectivity index (χ4n) is 4.46. The van der Waals surface area contributed by atoms with Crippen molar-refractivity contribution in [1.82, 2.24) is 4.90 Å². The van der Waals surface area contributed by atoms with Gasteiger partial charge >= 0.3 is 0 Å². The molecule has 3 aromatic rings. The smallest absolute Gasteiger partial charge is 0.263 e. The number of nitrogens with zero attached hydrogens (tertiary/aromatic N) is 1. The summed E-state index contributed by atoms with van der Waals surface area (Å²) in [7, 11) is 3.25. The van der Waals surface area contributed by atoms with Crippen LogP contribution < -0.4 is 18.9 Å². The molecule has 184 valence electrons. The van der Waals surface area contributed by atoms with Gasteiger partial charge in [-0.3, -0.25) is 4.79 Å². The number of amides is 1. The number of hydrogen-bond acceptors (Lipinski definition) is 5. The molecule has 1 amide bonds. The van der Waals surface area contributed by atoms with Crippen LogP contribution in [0.4, 0.5) is 0 Å². The van der Waals surface area contributed by atoms with E-state index in [1.165, 1.54) is 5.56 Å². The van der Waals surface area contributed by atoms with Crippen molar-refractivity contribution in [2.24, 2.45) is 0 Å². The van der Waals surface area contributed by atoms with Gasteiger partial charge in [0.1, 0.15) is 18.1 Å². The number of carbonyl (C=O) groups excluding carboxylic acids is 1. The van der Waals surface area contributed by atoms with Gasteiger partial charge in [-0.1, -0.05) is 37.3 Å². The second kappa shape index (κ2) is 11.2. The van der Waals surface area contributed by atoms with Gasteiger partial charge in [-0.05, 0) is 72.9 Å². The van der Waals surface area contributed by atoms with Gasteiger partial charge in [-0.15, -0.1) is 0 Å². The third-order valence-corrected chi connectivity index (χ3v) is 6.43. The first-order valence-electron chi connectivity index (χ1n) is 12.0. The molecule has 0 fully saturated rings. The summed E-state index contributed by atoms with van der Waals surface area (Å²) < 4.78 is 23.2. The van der Waals surface area contributed by atoms with Gasteiger partial charge in [-0.2, -0.15) is 0 Å². The quantitative estimate of drug-likeness (QED) is 0.424. The molecule has 6 heteroatoms. The van der Waals surface area contributed by atoms with E-state index in [1.807, 2.05) is 59.5 Å². The number of para-hydroxylation sites is 1. The molecule has 0 saturated heterocycles. The lowest BCUT2D eigenvalue weighted by atomic mass is 9.91. The van der Waals surface area contributed by atoms with E-state index in [0.717, 1.165) is 23.3 Å². The number of methoxy groups -OCH3 is 2. The van der Waals surface area contributed by atoms with Crippen LogP contribution in [0.15, 0.2) is 66.7 Å². The fraction of sp³-hybridized carbons (Fsp3) is 0.345. The zero-order valence-corrected chi connectivity index (χ0v) is 20.8. The number of aryl methyl sites for hydroxylation is 1. The molecule has 0 bridgehead atoms. The van der Waals surface area contributed by atoms with Crippen molar-refractivity contribution < 1.29 is 23.7 Å². The Labute approximate surface area is 207 Å². The Morgan fingerprint density at radius 1 is 0.971 bits per heavy atom. The maximum Gasteiger partial charge on any atom is 0.263 e. The second-order valence-corrected chi connectivity index (χ2v) is 8.59. The first-order valence-corrected chi connectivity index (χ1v) is 12.0. The molecule has 1 heterocycles. The van der Waals surface area contributed by atoms with Crippen molar-refractivity contribution in [2.45, 2.75) is 38.8 Å². The summed E-state index contributed by atoms with van der Waals surface area (Å²) in [5.41, 5.74) is 3.37. The van der Waals surface area contributed by atoms with Crippen LogP contribution in [0.3, 0.4) is 0 Å². The molecule has 0 radical (unpaired) electrons. The Bertz CT molecular complexity index is 1130. The van der Waals surface area contributed by atoms with Crippen molar-refractivity contribution in [1.29, 1.82) is 0 Å². The molecule has 35 heavy (non-hydrogen) atoms. The van der Waals surface area contributed by atoms with E-state index in [4.69, 9.17) is 18.9 Å². The molecule has 0 saturated carbocycles. The molecule has 3 aromatic carbocycles. The number of fused-ring (bicyclic) bond motifs is 1. The van der Waals surface area contributed by atoms with Crippen LogP contribution in [0.1, 0.15) is 36.6 Å². The minimum atomic E-state index is -0.634. The summed E-state index contributed by atoms with van der Waals surface area (Å²) in [4.78, 5) is 15.4. The van der Waals surface area contributed by atoms with E-state index < -0.39 is 6.10 Å². The van der Waals surface area contributed by atoms with Crippen molar-refractivity contribution in [3.63, 3.8) is 0 Å². The van der Waals surface area contributed by atoms with Crippen LogP contribution in [0.25, 0.3) is 0 Å². The Morgan fingerprint density at radius 2 is 1.66 bits per heavy atom. The molecule has 0 aromatic heterocycles. The third kappa shape index (κ3) is 5.53. The molecule has 0 unspecified atom stereocenters. The highest BCUT2D eigenvalue weighted by molar-refractivity contribution is 5.82. The summed E-state index contributed by atoms with van der Waals surface area (Å²) >= 11 is 0. The van der Waals surface area contributed by atoms with Gasteiger partial charge in [0.25, 0.3) is 5.91 Å². The summed E-state index contributed by atoms with van der Waals surface area (Å²) in [6, 6.07) is 21.2. The van der Waals surface area contributed by atoms with Gasteiger partial charge in [0.05, 0.1) is 20.3 Å². The van der Waals surface area contributed by atoms with E-state index in [-0.39, 0.29) is 11.9 Å². The second-order valence-electron chi connectivity index (χ2n) is 8.59. The average molecular weight is 476 g/mol. The lowest BCUT2D eigenvalue weighted by Crippen LogP contribution is -2.47. The fourth-order valence-corrected chi connectivity index (χ4v) is 4.46. The molecule has 0 N–H and O–H groups in total. The highest BCUT2D eigenvalue weighted by Crippen LogP contribution is 2.39. The monoisotopic (exact) mass is 475 g/mol. The van der Waals surface area contributed by atoms with Crippen LogP contribution in [-0.2, 0) is 17.6 Å². The Hall–Kier alpha value is -3.67. The molecular formula is C29H33NO5. The number of hydrogen-bond donors (Lipinski definition) is 0. The number of carbonyl (C=O) groups is 1. The topological polar surface area (TPSA) is 57.2 Å². The molecular weight excluding hydrogens is 442 g/mol. The van der Waals surface area contributed by atoms with E-state index in [0.29, 0.717) is 36.8 Å². The van der Waals surface area contributed by atoms with E-state index >= 15 is 0 Å². The van der Waals surface area contributed by atoms with Crippen LogP contribution in [-0.4, -0.2) is 44.3 Å². The zero-order chi connectivity index (χ0) is 24.8. The first kappa shape index (κ1) is 24.5. The summed E-state index contributed by atoms with van der Waals surface area (Å²) in [6.07, 6.45) is 1.05. The van der Waals surface area contributed by atoms with Gasteiger partial charge < -0.3 is 23.8 Å². The predicted octanol–water partition coefficient (Wildman–Crippen LogP) is 5.24. The summed E-state index contributed by atoms with van der Waals surface area (Å²) in [5, 5.41) is 0. The van der Waals surface area contributed by atoms with E-state index in [2.05, 4.69) is 19.1 Å². The van der Waals surface area contributed by atoms with Gasteiger partial charge in [0.2, 0.25) is 0 Å². The molecule has 1 aliphatic rings. The Kier molecular flexibility index (Phi) is 7.80. The van der Waals surface area contributed by atoms with Crippen molar-refractivity contribution in [3.05, 3.63) is 83.4 Å². The molecule has 4 rings (SSSR count). The number of benzene rings is 3. The van der Waals surface area contributed by atoms with E-state index in [9.17, 15) is 4.79 Å². The van der Waals surface area contributed by atoms with Crippen molar-refractivity contribution in [2.75, 3.05) is 27.4 Å². The molecule has 2 atom stereocenters. The zero-order valence-electron chi connectivity index (χ0n) is 20.8. The van der Waals surface area contributed by atoms with Gasteiger partial charge in [0, 0.05) is 6.54 Å². The summed E-state index contributed by atoms with van der Waals surface area (Å²) in [5.74, 6) is 2.68. The first-order chi connectivity index (χ1) is 17.0. The van der Waals surface area contributed by atoms with Crippen LogP contribution >= 0.6 is 0 Å². The largest absolute Gasteiger partial charge is 0.493 e. The molecule has 0 aliphatic carbocycles. The maximum atomic E-state index is 13.6. The molecule has 0 spiro atoms. The third-order valence-electron chi connectivity index (χ3n) is 6.43. The minimum Gasteiger partial charge on any atom is -0.493 e. The lowest BCUT2D eigenvalue weighted by Gasteiger charge is -2.38. The van der Waals surface area contributed by atoms with Gasteiger partial charge in [0.15, 0.2) is 17.6 Å². The number of rotatable bonds is 9. The average Bonchev–Trinajstić information content (AvgIpc) is 2.91. The van der Waals surface area contributed by atoms with Crippen molar-refractivity contribution in [3.8, 4) is 23.0 Å². The summed E-state index contributed by atoms with van der Waals surface area (Å²) in [6.45, 7) is 4.80. The van der Waals surface area contributed by atoms with Crippen molar-refractivity contribution >= 4 is 5.91 Å². The Balaban J connectivity index is 1.62. The standard InChI is InChI=1S/C29H33NO5/c1-5-21-11-13-23(14-12-21)34-19-26-25-18-28(33-4)27(32-3)17-22(25)15-16-30(26)29(31)20(2)35-24-9-7-6-8-10-24/h6-14,17-18,20,26H,5,15-16,19H2,1-4H3/t20-,26-/m0/s1. The Morgan fingerprint density at radius 3 is 2.31 bits per heavy atom. The highest BCUT2D eigenvalue weighted by Gasteiger charge is 2.35. The number of ether oxygens (including phenoxy) is 4.